The van der Waals surface area contributed by atoms with Gasteiger partial charge >= 0.3 is 0 Å². The Hall–Kier alpha value is -0.300. The Labute approximate surface area is 73.4 Å². The van der Waals surface area contributed by atoms with Crippen LogP contribution in [0.2, 0.25) is 0 Å². The molecule has 0 heterocycles. The molecule has 0 N–H and O–H groups in total. The van der Waals surface area contributed by atoms with Crippen molar-refractivity contribution in [3.8, 4) is 0 Å². The molecule has 0 saturated heterocycles. The lowest BCUT2D eigenvalue weighted by Crippen LogP contribution is -1.90. The molecule has 0 fully saturated rings. The van der Waals surface area contributed by atoms with E-state index in [0.29, 0.717) is 11.0 Å². The number of rotatable bonds is 4. The van der Waals surface area contributed by atoms with E-state index >= 15 is 0 Å². The number of ketones is 1. The number of hydrogen-bond donors (Lipinski definition) is 0. The number of carbonyl (C=O) groups excluding carboxylic acids is 1. The molecule has 0 saturated carbocycles. The van der Waals surface area contributed by atoms with Crippen molar-refractivity contribution in [1.29, 1.82) is 0 Å². The van der Waals surface area contributed by atoms with E-state index in [1.54, 1.807) is 6.08 Å². The Kier molecular flexibility index (Phi) is 5.22. The molecule has 11 heavy (non-hydrogen) atoms. The smallest absolute Gasteiger partial charge is 0.170 e. The number of halogens is 1. The summed E-state index contributed by atoms with van der Waals surface area (Å²) in [5.41, 5.74) is 0. The Bertz CT molecular complexity index is 159. The summed E-state index contributed by atoms with van der Waals surface area (Å²) in [5.74, 6) is 0.623. The molecule has 0 atom stereocenters. The molecule has 0 aliphatic rings. The van der Waals surface area contributed by atoms with Gasteiger partial charge in [0.05, 0.1) is 5.03 Å². The monoisotopic (exact) mass is 174 g/mol. The Balaban J connectivity index is 3.65. The molecule has 0 amide bonds. The zero-order valence-corrected chi connectivity index (χ0v) is 8.11. The van der Waals surface area contributed by atoms with Gasteiger partial charge in [0.2, 0.25) is 0 Å². The number of carbonyl (C=O) groups is 1. The zero-order valence-electron chi connectivity index (χ0n) is 7.36. The van der Waals surface area contributed by atoms with Crippen LogP contribution < -0.4 is 0 Å². The molecule has 0 radical (unpaired) electrons. The molecule has 0 bridgehead atoms. The predicted molar refractivity (Wildman–Crippen MR) is 48.7 cm³/mol. The molecule has 0 spiro atoms. The predicted octanol–water partition coefficient (Wildman–Crippen LogP) is 3.13. The molecule has 0 aliphatic carbocycles. The highest BCUT2D eigenvalue weighted by atomic mass is 35.5. The highest BCUT2D eigenvalue weighted by molar-refractivity contribution is 6.42. The van der Waals surface area contributed by atoms with Crippen LogP contribution in [0.5, 0.6) is 0 Å². The van der Waals surface area contributed by atoms with Crippen molar-refractivity contribution in [3.05, 3.63) is 11.1 Å². The summed E-state index contributed by atoms with van der Waals surface area (Å²) >= 11 is 5.61. The van der Waals surface area contributed by atoms with E-state index in [4.69, 9.17) is 11.6 Å². The van der Waals surface area contributed by atoms with Gasteiger partial charge in [0, 0.05) is 6.92 Å². The molecule has 0 aromatic rings. The number of allylic oxidation sites excluding steroid dienone is 2. The summed E-state index contributed by atoms with van der Waals surface area (Å²) < 4.78 is 0. The fraction of sp³-hybridized carbons (Fsp3) is 0.667. The highest BCUT2D eigenvalue weighted by Gasteiger charge is 1.97. The fourth-order valence-corrected chi connectivity index (χ4v) is 0.796. The van der Waals surface area contributed by atoms with Crippen LogP contribution in [0.1, 0.15) is 33.6 Å². The lowest BCUT2D eigenvalue weighted by Gasteiger charge is -1.99. The second-order valence-corrected chi connectivity index (χ2v) is 3.49. The summed E-state index contributed by atoms with van der Waals surface area (Å²) in [6, 6.07) is 0. The van der Waals surface area contributed by atoms with Crippen LogP contribution in [-0.4, -0.2) is 5.78 Å². The molecule has 0 aromatic carbocycles. The zero-order chi connectivity index (χ0) is 8.85. The van der Waals surface area contributed by atoms with Crippen LogP contribution in [0.15, 0.2) is 11.1 Å². The second-order valence-electron chi connectivity index (χ2n) is 3.08. The van der Waals surface area contributed by atoms with Gasteiger partial charge < -0.3 is 0 Å². The average molecular weight is 175 g/mol. The topological polar surface area (TPSA) is 17.1 Å². The first-order valence-electron chi connectivity index (χ1n) is 3.90. The summed E-state index contributed by atoms with van der Waals surface area (Å²) in [5, 5.41) is 0.366. The normalized spacial score (nSPS) is 12.3. The third-order valence-electron chi connectivity index (χ3n) is 1.40. The summed E-state index contributed by atoms with van der Waals surface area (Å²) in [6.07, 6.45) is 3.78. The minimum absolute atomic E-state index is 0.0459. The molecule has 0 unspecified atom stereocenters. The van der Waals surface area contributed by atoms with Crippen molar-refractivity contribution < 1.29 is 4.79 Å². The fourth-order valence-electron chi connectivity index (χ4n) is 0.687. The molecule has 1 nitrogen and oxygen atoms in total. The van der Waals surface area contributed by atoms with Gasteiger partial charge in [0.1, 0.15) is 0 Å². The SMILES string of the molecule is CC(=O)/C(Cl)=C\CCC(C)C. The van der Waals surface area contributed by atoms with Gasteiger partial charge in [-0.05, 0) is 18.8 Å². The summed E-state index contributed by atoms with van der Waals surface area (Å²) in [6.45, 7) is 5.78. The Morgan fingerprint density at radius 1 is 1.55 bits per heavy atom. The van der Waals surface area contributed by atoms with Crippen molar-refractivity contribution >= 4 is 17.4 Å². The van der Waals surface area contributed by atoms with E-state index in [1.165, 1.54) is 6.92 Å². The molecule has 0 rings (SSSR count). The summed E-state index contributed by atoms with van der Waals surface area (Å²) in [4.78, 5) is 10.6. The van der Waals surface area contributed by atoms with E-state index in [0.717, 1.165) is 12.8 Å². The molecule has 64 valence electrons. The standard InChI is InChI=1S/C9H15ClO/c1-7(2)5-4-6-9(10)8(3)11/h6-7H,4-5H2,1-3H3/b9-6+. The van der Waals surface area contributed by atoms with Gasteiger partial charge in [-0.15, -0.1) is 0 Å². The third kappa shape index (κ3) is 6.11. The van der Waals surface area contributed by atoms with Gasteiger partial charge in [0.25, 0.3) is 0 Å². The third-order valence-corrected chi connectivity index (χ3v) is 1.82. The molecule has 0 aliphatic heterocycles. The van der Waals surface area contributed by atoms with Crippen molar-refractivity contribution in [2.75, 3.05) is 0 Å². The molecule has 2 heteroatoms. The van der Waals surface area contributed by atoms with Crippen molar-refractivity contribution in [2.24, 2.45) is 5.92 Å². The number of Topliss-reactive ketones (excluding diaryl/α,β-unsaturated/α-hetero) is 1. The maximum absolute atomic E-state index is 10.6. The van der Waals surface area contributed by atoms with Crippen molar-refractivity contribution in [2.45, 2.75) is 33.6 Å². The lowest BCUT2D eigenvalue weighted by molar-refractivity contribution is -0.113. The number of hydrogen-bond acceptors (Lipinski definition) is 1. The van der Waals surface area contributed by atoms with Crippen LogP contribution >= 0.6 is 11.6 Å². The van der Waals surface area contributed by atoms with E-state index in [-0.39, 0.29) is 5.78 Å². The molecular formula is C9H15ClO. The molecular weight excluding hydrogens is 160 g/mol. The van der Waals surface area contributed by atoms with Gasteiger partial charge in [-0.3, -0.25) is 4.79 Å². The van der Waals surface area contributed by atoms with E-state index in [1.807, 2.05) is 0 Å². The van der Waals surface area contributed by atoms with E-state index in [9.17, 15) is 4.79 Å². The van der Waals surface area contributed by atoms with Crippen LogP contribution in [0.4, 0.5) is 0 Å². The van der Waals surface area contributed by atoms with Gasteiger partial charge in [-0.25, -0.2) is 0 Å². The van der Waals surface area contributed by atoms with Crippen LogP contribution in [-0.2, 0) is 4.79 Å². The average Bonchev–Trinajstić information content (AvgIpc) is 1.86. The molecule has 0 aromatic heterocycles. The first-order chi connectivity index (χ1) is 5.04. The summed E-state index contributed by atoms with van der Waals surface area (Å²) in [7, 11) is 0. The van der Waals surface area contributed by atoms with E-state index in [2.05, 4.69) is 13.8 Å². The minimum Gasteiger partial charge on any atom is -0.294 e. The van der Waals surface area contributed by atoms with E-state index < -0.39 is 0 Å². The first-order valence-corrected chi connectivity index (χ1v) is 4.28. The Morgan fingerprint density at radius 2 is 2.09 bits per heavy atom. The maximum Gasteiger partial charge on any atom is 0.170 e. The van der Waals surface area contributed by atoms with Crippen LogP contribution in [0.25, 0.3) is 0 Å². The second kappa shape index (κ2) is 5.36. The highest BCUT2D eigenvalue weighted by Crippen LogP contribution is 2.09. The Morgan fingerprint density at radius 3 is 2.45 bits per heavy atom. The quantitative estimate of drug-likeness (QED) is 0.599. The van der Waals surface area contributed by atoms with Crippen molar-refractivity contribution in [1.82, 2.24) is 0 Å². The minimum atomic E-state index is -0.0459. The van der Waals surface area contributed by atoms with Crippen molar-refractivity contribution in [3.63, 3.8) is 0 Å². The largest absolute Gasteiger partial charge is 0.294 e. The van der Waals surface area contributed by atoms with Gasteiger partial charge in [-0.2, -0.15) is 0 Å². The maximum atomic E-state index is 10.6. The van der Waals surface area contributed by atoms with Gasteiger partial charge in [0.15, 0.2) is 5.78 Å². The first kappa shape index (κ1) is 10.7. The van der Waals surface area contributed by atoms with Crippen LogP contribution in [0, 0.1) is 5.92 Å². The lowest BCUT2D eigenvalue weighted by atomic mass is 10.1. The van der Waals surface area contributed by atoms with Crippen LogP contribution in [0.3, 0.4) is 0 Å². The van der Waals surface area contributed by atoms with Gasteiger partial charge in [-0.1, -0.05) is 31.5 Å².